The normalized spacial score (nSPS) is 20.4. The lowest BCUT2D eigenvalue weighted by molar-refractivity contribution is -0.119. The summed E-state index contributed by atoms with van der Waals surface area (Å²) in [6.45, 7) is 0. The van der Waals surface area contributed by atoms with E-state index in [0.717, 1.165) is 6.42 Å². The van der Waals surface area contributed by atoms with Crippen molar-refractivity contribution in [3.8, 4) is 0 Å². The molecule has 3 rings (SSSR count). The van der Waals surface area contributed by atoms with E-state index in [4.69, 9.17) is 11.6 Å². The van der Waals surface area contributed by atoms with Crippen molar-refractivity contribution in [1.82, 2.24) is 5.32 Å². The van der Waals surface area contributed by atoms with Gasteiger partial charge in [-0.05, 0) is 23.1 Å². The van der Waals surface area contributed by atoms with Gasteiger partial charge in [0.2, 0.25) is 5.91 Å². The zero-order chi connectivity index (χ0) is 13.9. The van der Waals surface area contributed by atoms with Crippen LogP contribution in [0.3, 0.4) is 0 Å². The predicted octanol–water partition coefficient (Wildman–Crippen LogP) is 3.62. The van der Waals surface area contributed by atoms with Crippen LogP contribution in [0.15, 0.2) is 54.6 Å². The highest BCUT2D eigenvalue weighted by molar-refractivity contribution is 6.27. The molecule has 3 heteroatoms. The minimum atomic E-state index is -0.111. The Balaban J connectivity index is 1.94. The number of hydrogen-bond acceptors (Lipinski definition) is 1. The van der Waals surface area contributed by atoms with Gasteiger partial charge in [-0.3, -0.25) is 4.79 Å². The average molecular weight is 286 g/mol. The second-order valence-electron chi connectivity index (χ2n) is 5.08. The summed E-state index contributed by atoms with van der Waals surface area (Å²) in [5.74, 6) is 0.238. The first-order valence-corrected chi connectivity index (χ1v) is 7.32. The van der Waals surface area contributed by atoms with Gasteiger partial charge in [-0.15, -0.1) is 11.6 Å². The molecular formula is C17H16ClNO. The lowest BCUT2D eigenvalue weighted by atomic mass is 9.93. The molecule has 20 heavy (non-hydrogen) atoms. The van der Waals surface area contributed by atoms with E-state index < -0.39 is 0 Å². The van der Waals surface area contributed by atoms with E-state index in [1.165, 1.54) is 16.7 Å². The van der Waals surface area contributed by atoms with Gasteiger partial charge in [-0.1, -0.05) is 54.6 Å². The van der Waals surface area contributed by atoms with Crippen molar-refractivity contribution in [2.24, 2.45) is 0 Å². The fraction of sp³-hybridized carbons (Fsp3) is 0.235. The van der Waals surface area contributed by atoms with Crippen LogP contribution in [0.2, 0.25) is 0 Å². The fourth-order valence-corrected chi connectivity index (χ4v) is 3.08. The van der Waals surface area contributed by atoms with Crippen LogP contribution in [0.5, 0.6) is 0 Å². The maximum atomic E-state index is 11.6. The van der Waals surface area contributed by atoms with Gasteiger partial charge in [0.15, 0.2) is 0 Å². The topological polar surface area (TPSA) is 29.1 Å². The number of halogens is 1. The fourth-order valence-electron chi connectivity index (χ4n) is 3.01. The lowest BCUT2D eigenvalue weighted by Gasteiger charge is -2.14. The van der Waals surface area contributed by atoms with Crippen LogP contribution in [-0.2, 0) is 4.79 Å². The van der Waals surface area contributed by atoms with Crippen LogP contribution in [-0.4, -0.2) is 11.8 Å². The number of amides is 1. The summed E-state index contributed by atoms with van der Waals surface area (Å²) in [6, 6.07) is 18.8. The summed E-state index contributed by atoms with van der Waals surface area (Å²) in [7, 11) is 0. The molecule has 1 aliphatic rings. The Bertz CT molecular complexity index is 611. The van der Waals surface area contributed by atoms with Gasteiger partial charge in [-0.2, -0.15) is 0 Å². The first-order valence-electron chi connectivity index (χ1n) is 6.78. The zero-order valence-corrected chi connectivity index (χ0v) is 11.8. The third kappa shape index (κ3) is 2.44. The van der Waals surface area contributed by atoms with E-state index in [0.29, 0.717) is 5.92 Å². The maximum Gasteiger partial charge on any atom is 0.235 e. The molecule has 1 amide bonds. The summed E-state index contributed by atoms with van der Waals surface area (Å²) in [5.41, 5.74) is 3.81. The van der Waals surface area contributed by atoms with Gasteiger partial charge in [0, 0.05) is 5.92 Å². The van der Waals surface area contributed by atoms with Crippen LogP contribution in [0, 0.1) is 0 Å². The third-order valence-corrected chi connectivity index (χ3v) is 4.12. The summed E-state index contributed by atoms with van der Waals surface area (Å²) in [4.78, 5) is 11.6. The molecule has 1 N–H and O–H groups in total. The molecule has 0 aromatic heterocycles. The molecule has 102 valence electrons. The summed E-state index contributed by atoms with van der Waals surface area (Å²) >= 11 is 5.60. The van der Waals surface area contributed by atoms with Gasteiger partial charge in [0.25, 0.3) is 0 Å². The molecule has 2 atom stereocenters. The number of alkyl halides is 1. The van der Waals surface area contributed by atoms with E-state index in [1.54, 1.807) is 0 Å². The number of rotatable bonds is 3. The summed E-state index contributed by atoms with van der Waals surface area (Å²) in [5, 5.41) is 3.01. The summed E-state index contributed by atoms with van der Waals surface area (Å²) < 4.78 is 0. The SMILES string of the molecule is O=C(CCl)N[C@@H]1C[C@H](c2ccccc2)c2ccccc21. The highest BCUT2D eigenvalue weighted by atomic mass is 35.5. The molecule has 2 aromatic carbocycles. The van der Waals surface area contributed by atoms with Crippen molar-refractivity contribution in [2.75, 3.05) is 5.88 Å². The largest absolute Gasteiger partial charge is 0.348 e. The number of hydrogen-bond donors (Lipinski definition) is 1. The van der Waals surface area contributed by atoms with Gasteiger partial charge in [0.1, 0.15) is 5.88 Å². The predicted molar refractivity (Wildman–Crippen MR) is 80.9 cm³/mol. The van der Waals surface area contributed by atoms with Crippen LogP contribution in [0.1, 0.15) is 35.1 Å². The molecule has 0 spiro atoms. The van der Waals surface area contributed by atoms with Crippen molar-refractivity contribution >= 4 is 17.5 Å². The van der Waals surface area contributed by atoms with Gasteiger partial charge in [0.05, 0.1) is 6.04 Å². The number of fused-ring (bicyclic) bond motifs is 1. The first-order chi connectivity index (χ1) is 9.79. The van der Waals surface area contributed by atoms with Crippen molar-refractivity contribution in [1.29, 1.82) is 0 Å². The van der Waals surface area contributed by atoms with Crippen LogP contribution in [0.25, 0.3) is 0 Å². The van der Waals surface area contributed by atoms with E-state index in [-0.39, 0.29) is 17.8 Å². The van der Waals surface area contributed by atoms with Crippen molar-refractivity contribution in [3.63, 3.8) is 0 Å². The van der Waals surface area contributed by atoms with Gasteiger partial charge in [-0.25, -0.2) is 0 Å². The Hall–Kier alpha value is -1.80. The zero-order valence-electron chi connectivity index (χ0n) is 11.1. The van der Waals surface area contributed by atoms with E-state index in [2.05, 4.69) is 47.8 Å². The van der Waals surface area contributed by atoms with E-state index >= 15 is 0 Å². The second kappa shape index (κ2) is 5.68. The number of carbonyl (C=O) groups is 1. The first kappa shape index (κ1) is 13.2. The number of carbonyl (C=O) groups excluding carboxylic acids is 1. The van der Waals surface area contributed by atoms with E-state index in [1.807, 2.05) is 12.1 Å². The molecule has 0 bridgehead atoms. The Morgan fingerprint density at radius 3 is 2.40 bits per heavy atom. The van der Waals surface area contributed by atoms with E-state index in [9.17, 15) is 4.79 Å². The molecule has 0 aliphatic heterocycles. The lowest BCUT2D eigenvalue weighted by Crippen LogP contribution is -2.28. The molecule has 0 saturated carbocycles. The monoisotopic (exact) mass is 285 g/mol. The third-order valence-electron chi connectivity index (χ3n) is 3.88. The van der Waals surface area contributed by atoms with Gasteiger partial charge < -0.3 is 5.32 Å². The number of benzene rings is 2. The van der Waals surface area contributed by atoms with Crippen LogP contribution in [0.4, 0.5) is 0 Å². The summed E-state index contributed by atoms with van der Waals surface area (Å²) in [6.07, 6.45) is 0.895. The second-order valence-corrected chi connectivity index (χ2v) is 5.35. The molecule has 2 aromatic rings. The Kier molecular flexibility index (Phi) is 3.75. The minimum absolute atomic E-state index is 0.00860. The van der Waals surface area contributed by atoms with Crippen molar-refractivity contribution in [2.45, 2.75) is 18.4 Å². The molecule has 0 radical (unpaired) electrons. The molecule has 0 heterocycles. The Morgan fingerprint density at radius 2 is 1.70 bits per heavy atom. The van der Waals surface area contributed by atoms with Crippen LogP contribution >= 0.6 is 11.6 Å². The molecule has 0 fully saturated rings. The Morgan fingerprint density at radius 1 is 1.05 bits per heavy atom. The minimum Gasteiger partial charge on any atom is -0.348 e. The van der Waals surface area contributed by atoms with Crippen LogP contribution < -0.4 is 5.32 Å². The smallest absolute Gasteiger partial charge is 0.235 e. The molecule has 2 nitrogen and oxygen atoms in total. The molecule has 0 saturated heterocycles. The van der Waals surface area contributed by atoms with Crippen molar-refractivity contribution in [3.05, 3.63) is 71.3 Å². The number of nitrogens with one attached hydrogen (secondary N) is 1. The Labute approximate surface area is 123 Å². The highest BCUT2D eigenvalue weighted by Gasteiger charge is 2.32. The quantitative estimate of drug-likeness (QED) is 0.858. The average Bonchev–Trinajstić information content (AvgIpc) is 2.87. The molecule has 1 aliphatic carbocycles. The molecular weight excluding hydrogens is 270 g/mol. The van der Waals surface area contributed by atoms with Crippen molar-refractivity contribution < 1.29 is 4.79 Å². The molecule has 0 unspecified atom stereocenters. The standard InChI is InChI=1S/C17H16ClNO/c18-11-17(20)19-16-10-15(12-6-2-1-3-7-12)13-8-4-5-9-14(13)16/h1-9,15-16H,10-11H2,(H,19,20)/t15-,16-/m1/s1. The maximum absolute atomic E-state index is 11.6. The highest BCUT2D eigenvalue weighted by Crippen LogP contribution is 2.43. The van der Waals surface area contributed by atoms with Gasteiger partial charge >= 0.3 is 0 Å².